The van der Waals surface area contributed by atoms with Crippen LogP contribution in [0, 0.1) is 0 Å². The molecule has 0 amide bonds. The molecule has 7 heteroatoms. The second-order valence-corrected chi connectivity index (χ2v) is 4.02. The van der Waals surface area contributed by atoms with E-state index in [1.54, 1.807) is 18.3 Å². The van der Waals surface area contributed by atoms with E-state index in [0.717, 1.165) is 0 Å². The molecular weight excluding hydrogens is 274 g/mol. The first kappa shape index (κ1) is 14.9. The minimum absolute atomic E-state index is 0.291. The molecule has 0 aliphatic rings. The number of ether oxygens (including phenoxy) is 4. The van der Waals surface area contributed by atoms with Crippen molar-refractivity contribution in [2.45, 2.75) is 6.54 Å². The predicted octanol–water partition coefficient (Wildman–Crippen LogP) is 1.75. The normalized spacial score (nSPS) is 10.1. The van der Waals surface area contributed by atoms with Crippen LogP contribution in [-0.4, -0.2) is 31.3 Å². The van der Waals surface area contributed by atoms with Gasteiger partial charge >= 0.3 is 0 Å². The number of methoxy groups -OCH3 is 3. The first-order valence-corrected chi connectivity index (χ1v) is 6.20. The number of hydrogen-bond acceptors (Lipinski definition) is 7. The molecule has 1 aromatic carbocycles. The smallest absolute Gasteiger partial charge is 0.238 e. The van der Waals surface area contributed by atoms with Crippen LogP contribution in [0.3, 0.4) is 0 Å². The van der Waals surface area contributed by atoms with Crippen LogP contribution in [0.25, 0.3) is 0 Å². The molecule has 0 atom stereocenters. The van der Waals surface area contributed by atoms with Gasteiger partial charge in [0.1, 0.15) is 5.75 Å². The highest BCUT2D eigenvalue weighted by Gasteiger charge is 2.14. The van der Waals surface area contributed by atoms with E-state index in [2.05, 4.69) is 9.97 Å². The van der Waals surface area contributed by atoms with Gasteiger partial charge in [-0.05, 0) is 0 Å². The lowest BCUT2D eigenvalue weighted by molar-refractivity contribution is 0.320. The van der Waals surface area contributed by atoms with Gasteiger partial charge in [-0.25, -0.2) is 4.98 Å². The molecule has 1 aromatic heterocycles. The minimum atomic E-state index is 0.291. The maximum atomic E-state index is 5.66. The van der Waals surface area contributed by atoms with Crippen molar-refractivity contribution in [2.75, 3.05) is 21.3 Å². The summed E-state index contributed by atoms with van der Waals surface area (Å²) < 4.78 is 21.4. The van der Waals surface area contributed by atoms with Crippen LogP contribution in [0.5, 0.6) is 28.9 Å². The summed E-state index contributed by atoms with van der Waals surface area (Å²) >= 11 is 0. The Balaban J connectivity index is 2.35. The molecule has 0 aliphatic heterocycles. The highest BCUT2D eigenvalue weighted by atomic mass is 16.5. The van der Waals surface area contributed by atoms with Gasteiger partial charge < -0.3 is 24.7 Å². The standard InChI is InChI=1S/C14H17N3O4/c1-18-11-4-10(5-12(19-2)14(11)20-3)21-13-8-16-7-9(6-15)17-13/h4-5,7-8H,6,15H2,1-3H3. The third-order valence-corrected chi connectivity index (χ3v) is 2.73. The SMILES string of the molecule is COc1cc(Oc2cncc(CN)n2)cc(OC)c1OC. The molecular formula is C14H17N3O4. The average Bonchev–Trinajstić information content (AvgIpc) is 2.53. The van der Waals surface area contributed by atoms with Gasteiger partial charge in [-0.1, -0.05) is 0 Å². The van der Waals surface area contributed by atoms with E-state index in [1.165, 1.54) is 27.5 Å². The van der Waals surface area contributed by atoms with E-state index >= 15 is 0 Å². The van der Waals surface area contributed by atoms with Gasteiger partial charge in [0.15, 0.2) is 11.5 Å². The second-order valence-electron chi connectivity index (χ2n) is 4.02. The molecule has 0 aliphatic carbocycles. The fourth-order valence-corrected chi connectivity index (χ4v) is 1.77. The van der Waals surface area contributed by atoms with E-state index in [1.807, 2.05) is 0 Å². The van der Waals surface area contributed by atoms with Gasteiger partial charge in [-0.2, -0.15) is 0 Å². The lowest BCUT2D eigenvalue weighted by atomic mass is 10.2. The summed E-state index contributed by atoms with van der Waals surface area (Å²) in [6.45, 7) is 0.291. The van der Waals surface area contributed by atoms with Crippen LogP contribution in [-0.2, 0) is 6.54 Å². The van der Waals surface area contributed by atoms with Crippen molar-refractivity contribution in [3.05, 3.63) is 30.2 Å². The molecule has 0 unspecified atom stereocenters. The predicted molar refractivity (Wildman–Crippen MR) is 76.1 cm³/mol. The fourth-order valence-electron chi connectivity index (χ4n) is 1.77. The van der Waals surface area contributed by atoms with E-state index < -0.39 is 0 Å². The van der Waals surface area contributed by atoms with Crippen LogP contribution in [0.4, 0.5) is 0 Å². The molecule has 21 heavy (non-hydrogen) atoms. The van der Waals surface area contributed by atoms with Crippen LogP contribution in [0.1, 0.15) is 5.69 Å². The van der Waals surface area contributed by atoms with Gasteiger partial charge in [0.05, 0.1) is 33.2 Å². The summed E-state index contributed by atoms with van der Waals surface area (Å²) in [6.07, 6.45) is 3.09. The number of nitrogens with zero attached hydrogens (tertiary/aromatic N) is 2. The Morgan fingerprint density at radius 3 is 2.19 bits per heavy atom. The summed E-state index contributed by atoms with van der Waals surface area (Å²) in [5, 5.41) is 0. The van der Waals surface area contributed by atoms with Crippen molar-refractivity contribution in [1.29, 1.82) is 0 Å². The highest BCUT2D eigenvalue weighted by Crippen LogP contribution is 2.41. The van der Waals surface area contributed by atoms with Gasteiger partial charge in [-0.15, -0.1) is 0 Å². The molecule has 1 heterocycles. The summed E-state index contributed by atoms with van der Waals surface area (Å²) in [4.78, 5) is 8.23. The zero-order chi connectivity index (χ0) is 15.2. The van der Waals surface area contributed by atoms with Crippen LogP contribution in [0.2, 0.25) is 0 Å². The number of rotatable bonds is 6. The van der Waals surface area contributed by atoms with Crippen LogP contribution in [0.15, 0.2) is 24.5 Å². The molecule has 2 aromatic rings. The highest BCUT2D eigenvalue weighted by molar-refractivity contribution is 5.56. The van der Waals surface area contributed by atoms with Crippen LogP contribution < -0.4 is 24.7 Å². The molecule has 0 bridgehead atoms. The van der Waals surface area contributed by atoms with E-state index in [0.29, 0.717) is 41.1 Å². The van der Waals surface area contributed by atoms with E-state index in [-0.39, 0.29) is 0 Å². The van der Waals surface area contributed by atoms with Crippen molar-refractivity contribution in [3.63, 3.8) is 0 Å². The second kappa shape index (κ2) is 6.76. The zero-order valence-corrected chi connectivity index (χ0v) is 12.1. The van der Waals surface area contributed by atoms with Gasteiger partial charge in [0.25, 0.3) is 0 Å². The number of nitrogens with two attached hydrogens (primary N) is 1. The van der Waals surface area contributed by atoms with Crippen molar-refractivity contribution in [3.8, 4) is 28.9 Å². The third-order valence-electron chi connectivity index (χ3n) is 2.73. The Morgan fingerprint density at radius 2 is 1.67 bits per heavy atom. The van der Waals surface area contributed by atoms with E-state index in [9.17, 15) is 0 Å². The molecule has 0 saturated heterocycles. The lowest BCUT2D eigenvalue weighted by Crippen LogP contribution is -2.01. The Hall–Kier alpha value is -2.54. The number of aromatic nitrogens is 2. The van der Waals surface area contributed by atoms with E-state index in [4.69, 9.17) is 24.7 Å². The molecule has 0 radical (unpaired) electrons. The number of hydrogen-bond donors (Lipinski definition) is 1. The fraction of sp³-hybridized carbons (Fsp3) is 0.286. The molecule has 112 valence electrons. The molecule has 0 spiro atoms. The van der Waals surface area contributed by atoms with Gasteiger partial charge in [0, 0.05) is 24.9 Å². The topological polar surface area (TPSA) is 88.7 Å². The monoisotopic (exact) mass is 291 g/mol. The lowest BCUT2D eigenvalue weighted by Gasteiger charge is -2.14. The summed E-state index contributed by atoms with van der Waals surface area (Å²) in [5.74, 6) is 2.32. The zero-order valence-electron chi connectivity index (χ0n) is 12.1. The third kappa shape index (κ3) is 3.32. The molecule has 2 rings (SSSR count). The van der Waals surface area contributed by atoms with Gasteiger partial charge in [0.2, 0.25) is 11.6 Å². The maximum absolute atomic E-state index is 5.66. The average molecular weight is 291 g/mol. The first-order chi connectivity index (χ1) is 10.2. The summed E-state index contributed by atoms with van der Waals surface area (Å²) in [5.41, 5.74) is 6.17. The Bertz CT molecular complexity index is 594. The first-order valence-electron chi connectivity index (χ1n) is 6.20. The Kier molecular flexibility index (Phi) is 4.78. The Labute approximate surface area is 122 Å². The molecule has 2 N–H and O–H groups in total. The van der Waals surface area contributed by atoms with Crippen molar-refractivity contribution < 1.29 is 18.9 Å². The van der Waals surface area contributed by atoms with Crippen LogP contribution >= 0.6 is 0 Å². The summed E-state index contributed by atoms with van der Waals surface area (Å²) in [6, 6.07) is 3.36. The largest absolute Gasteiger partial charge is 0.493 e. The molecule has 0 fully saturated rings. The maximum Gasteiger partial charge on any atom is 0.238 e. The quantitative estimate of drug-likeness (QED) is 0.867. The minimum Gasteiger partial charge on any atom is -0.493 e. The van der Waals surface area contributed by atoms with Crippen molar-refractivity contribution >= 4 is 0 Å². The Morgan fingerprint density at radius 1 is 1.00 bits per heavy atom. The molecule has 7 nitrogen and oxygen atoms in total. The van der Waals surface area contributed by atoms with Crippen molar-refractivity contribution in [1.82, 2.24) is 9.97 Å². The molecule has 0 saturated carbocycles. The van der Waals surface area contributed by atoms with Gasteiger partial charge in [-0.3, -0.25) is 4.98 Å². The van der Waals surface area contributed by atoms with Crippen molar-refractivity contribution in [2.24, 2.45) is 5.73 Å². The summed E-state index contributed by atoms with van der Waals surface area (Å²) in [7, 11) is 4.61. The number of benzene rings is 1.